The Hall–Kier alpha value is -11.9. The molecule has 0 spiro atoms. The number of ether oxygens (including phenoxy) is 4. The number of halogens is 17. The molecule has 0 radical (unpaired) electrons. The van der Waals surface area contributed by atoms with Gasteiger partial charge in [-0.05, 0) is 104 Å². The number of para-hydroxylation sites is 2. The maximum atomic E-state index is 13.0. The Morgan fingerprint density at radius 3 is 0.991 bits per heavy atom. The summed E-state index contributed by atoms with van der Waals surface area (Å²) < 4.78 is 229. The molecule has 0 saturated heterocycles. The molecule has 0 aliphatic rings. The van der Waals surface area contributed by atoms with Crippen LogP contribution in [0, 0.1) is 5.82 Å². The number of hydrogen-bond donors (Lipinski definition) is 9. The molecule has 0 aliphatic carbocycles. The molecule has 4 amide bonds. The van der Waals surface area contributed by atoms with E-state index < -0.39 is 162 Å². The van der Waals surface area contributed by atoms with E-state index in [1.54, 1.807) is 48.5 Å². The molecule has 0 atom stereocenters. The monoisotopic (exact) mass is 1630 g/mol. The van der Waals surface area contributed by atoms with Gasteiger partial charge in [0.15, 0.2) is 23.0 Å². The number of aliphatic hydroxyl groups excluding tert-OH is 1. The van der Waals surface area contributed by atoms with Gasteiger partial charge in [0.05, 0.1) is 65.9 Å². The molecule has 42 heteroatoms. The van der Waals surface area contributed by atoms with Gasteiger partial charge in [0.25, 0.3) is 45.9 Å². The maximum Gasteiger partial charge on any atom is 0.431 e. The first kappa shape index (κ1) is 90.7. The number of carbonyl (C=O) groups is 4. The van der Waals surface area contributed by atoms with E-state index >= 15 is 0 Å². The third kappa shape index (κ3) is 25.6. The molecule has 0 fully saturated rings. The van der Waals surface area contributed by atoms with Crippen LogP contribution in [0.5, 0.6) is 46.0 Å². The number of nitrogens with zero attached hydrogens (tertiary/aromatic N) is 4. The lowest BCUT2D eigenvalue weighted by Crippen LogP contribution is -2.31. The fourth-order valence-electron chi connectivity index (χ4n) is 9.42. The SMILES string of the molecule is Cn1c(C(F)(F)F)cc(C(=O)NCCCOc2cccc(CO)c2)c(O)c1=O.Cn1c(C(F)(F)F)cc(C(=O)NCCCOc2cccc(F)c2)c(O)c1=O.Cn1c(C(F)(F)F)cc(C(=O)NCCCOc2ccccc2C(F)(F)F)c(O)c1=O.Cn1c(C(F)(F)F)cc(C(=O)NCCCOc2ccccc2Cl)c(O)c1=O. The van der Waals surface area contributed by atoms with E-state index in [1.165, 1.54) is 36.4 Å². The van der Waals surface area contributed by atoms with Crippen LogP contribution in [0.25, 0.3) is 0 Å². The molecule has 112 heavy (non-hydrogen) atoms. The van der Waals surface area contributed by atoms with Crippen LogP contribution >= 0.6 is 11.6 Å². The number of benzene rings is 4. The van der Waals surface area contributed by atoms with E-state index in [0.717, 1.165) is 40.3 Å². The van der Waals surface area contributed by atoms with E-state index in [-0.39, 0.29) is 90.3 Å². The smallest absolute Gasteiger partial charge is 0.431 e. The first-order chi connectivity index (χ1) is 52.2. The molecular weight excluding hydrogens is 1560 g/mol. The average molecular weight is 1630 g/mol. The molecule has 25 nitrogen and oxygen atoms in total. The van der Waals surface area contributed by atoms with Crippen LogP contribution in [0.4, 0.5) is 70.2 Å². The van der Waals surface area contributed by atoms with E-state index in [1.807, 2.05) is 0 Å². The highest BCUT2D eigenvalue weighted by Crippen LogP contribution is 2.37. The molecule has 0 unspecified atom stereocenters. The molecule has 4 heterocycles. The summed E-state index contributed by atoms with van der Waals surface area (Å²) in [7, 11) is 3.35. The number of rotatable bonds is 25. The van der Waals surface area contributed by atoms with Gasteiger partial charge in [-0.1, -0.05) is 54.1 Å². The number of aromatic nitrogens is 4. The van der Waals surface area contributed by atoms with E-state index in [0.29, 0.717) is 64.9 Å². The third-order valence-electron chi connectivity index (χ3n) is 15.1. The molecule has 0 aliphatic heterocycles. The van der Waals surface area contributed by atoms with Crippen LogP contribution in [-0.2, 0) is 65.7 Å². The van der Waals surface area contributed by atoms with Gasteiger partial charge < -0.3 is 84.0 Å². The second kappa shape index (κ2) is 39.6. The van der Waals surface area contributed by atoms with Gasteiger partial charge in [-0.25, -0.2) is 4.39 Å². The van der Waals surface area contributed by atoms with Gasteiger partial charge in [0, 0.05) is 60.4 Å². The van der Waals surface area contributed by atoms with E-state index in [4.69, 9.17) is 35.7 Å². The number of pyridine rings is 4. The number of aliphatic hydroxyl groups is 1. The van der Waals surface area contributed by atoms with E-state index in [9.17, 15) is 129 Å². The van der Waals surface area contributed by atoms with Crippen molar-refractivity contribution in [3.8, 4) is 46.0 Å². The highest BCUT2D eigenvalue weighted by Gasteiger charge is 2.40. The van der Waals surface area contributed by atoms with Crippen LogP contribution in [-0.4, -0.2) is 120 Å². The molecule has 9 N–H and O–H groups in total. The standard InChI is InChI=1S/C18H16F6N2O4.C18H19F3N2O5.C17H16ClF3N2O4.C17H16F4N2O4/c1-26-13(18(22,23)24)9-10(14(27)16(26)29)15(28)25-7-4-8-30-12-6-3-2-5-11(12)17(19,20)21;1-23-14(18(19,20)21)9-13(15(25)17(23)27)16(26)22-6-3-7-28-12-5-2-4-11(8-12)10-24;1-23-13(17(19,20)21)9-10(14(24)16(23)26)15(25)22-7-4-8-27-12-6-3-2-5-11(12)18;1-23-13(17(19,20)21)9-12(14(24)16(23)26)15(25)22-6-3-7-27-11-5-2-4-10(18)8-11/h2-3,5-6,9,27H,4,7-8H2,1H3,(H,25,28);2,4-5,8-9,24-25H,3,6-7,10H2,1H3,(H,22,26);2-3,5-6,9,24H,4,7-8H2,1H3,(H,22,25);2,4-5,8-9,24H,3,6-7H2,1H3,(H,22,25). The van der Waals surface area contributed by atoms with Gasteiger partial charge in [0.1, 0.15) is 51.6 Å². The van der Waals surface area contributed by atoms with Gasteiger partial charge >= 0.3 is 30.9 Å². The largest absolute Gasteiger partial charge is 0.502 e. The quantitative estimate of drug-likeness (QED) is 0.0190. The highest BCUT2D eigenvalue weighted by molar-refractivity contribution is 6.32. The number of nitrogens with one attached hydrogen (secondary N) is 4. The van der Waals surface area contributed by atoms with Crippen molar-refractivity contribution in [2.75, 3.05) is 52.6 Å². The fourth-order valence-corrected chi connectivity index (χ4v) is 9.61. The Morgan fingerprint density at radius 2 is 0.679 bits per heavy atom. The minimum absolute atomic E-state index is 0.00412. The minimum atomic E-state index is -4.93. The first-order valence-corrected chi connectivity index (χ1v) is 32.6. The minimum Gasteiger partial charge on any atom is -0.502 e. The summed E-state index contributed by atoms with van der Waals surface area (Å²) in [5.74, 6) is -8.08. The second-order valence-corrected chi connectivity index (χ2v) is 23.5. The summed E-state index contributed by atoms with van der Waals surface area (Å²) in [6.07, 6.45) is -23.2. The van der Waals surface area contributed by atoms with Crippen molar-refractivity contribution >= 4 is 35.2 Å². The normalized spacial score (nSPS) is 11.5. The van der Waals surface area contributed by atoms with Gasteiger partial charge in [-0.3, -0.25) is 38.4 Å². The fraction of sp³-hybridized carbons (Fsp3) is 0.314. The van der Waals surface area contributed by atoms with Gasteiger partial charge in [-0.15, -0.1) is 0 Å². The average Bonchev–Trinajstić information content (AvgIpc) is 0.798. The predicted octanol–water partition coefficient (Wildman–Crippen LogP) is 10.5. The third-order valence-corrected chi connectivity index (χ3v) is 15.5. The highest BCUT2D eigenvalue weighted by atomic mass is 35.5. The zero-order valence-electron chi connectivity index (χ0n) is 58.6. The predicted molar refractivity (Wildman–Crippen MR) is 365 cm³/mol. The summed E-state index contributed by atoms with van der Waals surface area (Å²) in [5, 5.41) is 57.5. The van der Waals surface area contributed by atoms with Crippen LogP contribution in [0.3, 0.4) is 0 Å². The van der Waals surface area contributed by atoms with Crippen molar-refractivity contribution in [3.05, 3.63) is 230 Å². The Morgan fingerprint density at radius 1 is 0.384 bits per heavy atom. The van der Waals surface area contributed by atoms with Gasteiger partial charge in [0.2, 0.25) is 0 Å². The van der Waals surface area contributed by atoms with Gasteiger partial charge in [-0.2, -0.15) is 65.9 Å². The number of amides is 4. The number of alkyl halides is 15. The lowest BCUT2D eigenvalue weighted by atomic mass is 10.1. The van der Waals surface area contributed by atoms with Crippen LogP contribution in [0.1, 0.15) is 101 Å². The van der Waals surface area contributed by atoms with Crippen LogP contribution < -0.4 is 62.5 Å². The van der Waals surface area contributed by atoms with Crippen molar-refractivity contribution in [3.63, 3.8) is 0 Å². The summed E-state index contributed by atoms with van der Waals surface area (Å²) in [6, 6.07) is 25.1. The zero-order valence-corrected chi connectivity index (χ0v) is 59.3. The molecule has 4 aromatic heterocycles. The van der Waals surface area contributed by atoms with Crippen LogP contribution in [0.15, 0.2) is 141 Å². The Bertz CT molecular complexity index is 4890. The summed E-state index contributed by atoms with van der Waals surface area (Å²) in [5.41, 5.74) is -14.2. The summed E-state index contributed by atoms with van der Waals surface area (Å²) >= 11 is 5.92. The molecule has 0 bridgehead atoms. The van der Waals surface area contributed by atoms with Crippen molar-refractivity contribution in [2.45, 2.75) is 63.2 Å². The van der Waals surface area contributed by atoms with Crippen molar-refractivity contribution in [1.29, 1.82) is 0 Å². The Labute approximate surface area is 626 Å². The molecule has 4 aromatic carbocycles. The number of hydrogen-bond acceptors (Lipinski definition) is 17. The Balaban J connectivity index is 0.000000267. The maximum absolute atomic E-state index is 13.0. The van der Waals surface area contributed by atoms with Crippen molar-refractivity contribution in [2.24, 2.45) is 28.2 Å². The summed E-state index contributed by atoms with van der Waals surface area (Å²) in [4.78, 5) is 95.1. The molecule has 608 valence electrons. The topological polar surface area (TPSA) is 342 Å². The lowest BCUT2D eigenvalue weighted by Gasteiger charge is -2.15. The van der Waals surface area contributed by atoms with E-state index in [2.05, 4.69) is 21.3 Å². The number of aromatic hydroxyl groups is 4. The lowest BCUT2D eigenvalue weighted by molar-refractivity contribution is -0.144. The Kier molecular flexibility index (Phi) is 32.1. The molecule has 8 aromatic rings. The molecule has 0 saturated carbocycles. The van der Waals surface area contributed by atoms with Crippen LogP contribution in [0.2, 0.25) is 5.02 Å². The molecular formula is C70H67ClF16N8O17. The van der Waals surface area contributed by atoms with Crippen molar-refractivity contribution in [1.82, 2.24) is 39.5 Å². The second-order valence-electron chi connectivity index (χ2n) is 23.1. The van der Waals surface area contributed by atoms with Crippen molar-refractivity contribution < 1.29 is 134 Å². The summed E-state index contributed by atoms with van der Waals surface area (Å²) in [6.45, 7) is 0.0593. The zero-order chi connectivity index (χ0) is 84.0. The number of carbonyl (C=O) groups excluding carboxylic acids is 4. The first-order valence-electron chi connectivity index (χ1n) is 32.2. The molecule has 8 rings (SSSR count).